The van der Waals surface area contributed by atoms with Crippen molar-refractivity contribution in [2.45, 2.75) is 6.10 Å². The van der Waals surface area contributed by atoms with Gasteiger partial charge in [-0.2, -0.15) is 5.10 Å². The van der Waals surface area contributed by atoms with Crippen molar-refractivity contribution in [3.05, 3.63) is 65.7 Å². The number of carboxylic acid groups (broad SMARTS) is 1. The average Bonchev–Trinajstić information content (AvgIpc) is 2.61. The first-order chi connectivity index (χ1) is 11.6. The number of hydrazone groups is 1. The number of aliphatic hydroxyl groups is 1. The van der Waals surface area contributed by atoms with E-state index >= 15 is 0 Å². The Balaban J connectivity index is 1.87. The number of amides is 1. The molecule has 7 heteroatoms. The fraction of sp³-hybridized carbons (Fsp3) is 0.118. The molecule has 24 heavy (non-hydrogen) atoms. The van der Waals surface area contributed by atoms with E-state index in [2.05, 4.69) is 10.5 Å². The van der Waals surface area contributed by atoms with Gasteiger partial charge in [0.25, 0.3) is 5.91 Å². The lowest BCUT2D eigenvalue weighted by atomic mass is 10.1. The standard InChI is InChI=1S/C17H16N2O5/c20-15(21)11-24-14-8-6-12(7-9-14)10-18-19-17(23)16(22)13-4-2-1-3-5-13/h1-10,16,22H,11H2,(H,19,23)(H,20,21). The van der Waals surface area contributed by atoms with Crippen LogP contribution in [0.1, 0.15) is 17.2 Å². The zero-order valence-corrected chi connectivity index (χ0v) is 12.6. The topological polar surface area (TPSA) is 108 Å². The summed E-state index contributed by atoms with van der Waals surface area (Å²) in [5, 5.41) is 22.2. The van der Waals surface area contributed by atoms with Gasteiger partial charge in [-0.1, -0.05) is 30.3 Å². The van der Waals surface area contributed by atoms with E-state index in [1.165, 1.54) is 6.21 Å². The van der Waals surface area contributed by atoms with E-state index < -0.39 is 24.6 Å². The first kappa shape index (κ1) is 17.2. The van der Waals surface area contributed by atoms with E-state index in [9.17, 15) is 14.7 Å². The third-order valence-electron chi connectivity index (χ3n) is 2.99. The second kappa shape index (κ2) is 8.44. The van der Waals surface area contributed by atoms with E-state index in [4.69, 9.17) is 9.84 Å². The summed E-state index contributed by atoms with van der Waals surface area (Å²) in [6.45, 7) is -0.416. The lowest BCUT2D eigenvalue weighted by molar-refractivity contribution is -0.139. The Morgan fingerprint density at radius 2 is 1.79 bits per heavy atom. The van der Waals surface area contributed by atoms with Gasteiger partial charge in [-0.3, -0.25) is 4.79 Å². The molecule has 0 aliphatic rings. The van der Waals surface area contributed by atoms with Gasteiger partial charge in [0.05, 0.1) is 6.21 Å². The number of nitrogens with zero attached hydrogens (tertiary/aromatic N) is 1. The van der Waals surface area contributed by atoms with Crippen LogP contribution in [0.25, 0.3) is 0 Å². The minimum Gasteiger partial charge on any atom is -0.482 e. The Morgan fingerprint density at radius 3 is 2.42 bits per heavy atom. The average molecular weight is 328 g/mol. The van der Waals surface area contributed by atoms with Crippen LogP contribution in [0.5, 0.6) is 5.75 Å². The number of carboxylic acids is 1. The number of ether oxygens (including phenoxy) is 1. The number of hydrogen-bond donors (Lipinski definition) is 3. The van der Waals surface area contributed by atoms with E-state index in [-0.39, 0.29) is 0 Å². The van der Waals surface area contributed by atoms with Crippen molar-refractivity contribution in [2.24, 2.45) is 5.10 Å². The minimum atomic E-state index is -1.30. The number of aliphatic carboxylic acids is 1. The molecular weight excluding hydrogens is 312 g/mol. The third-order valence-corrected chi connectivity index (χ3v) is 2.99. The fourth-order valence-electron chi connectivity index (χ4n) is 1.81. The highest BCUT2D eigenvalue weighted by Gasteiger charge is 2.15. The number of carbonyl (C=O) groups excluding carboxylic acids is 1. The van der Waals surface area contributed by atoms with Crippen LogP contribution in [-0.4, -0.2) is 34.9 Å². The Bertz CT molecular complexity index is 714. The van der Waals surface area contributed by atoms with Gasteiger partial charge in [0.2, 0.25) is 0 Å². The maximum atomic E-state index is 11.8. The van der Waals surface area contributed by atoms with Crippen LogP contribution in [0, 0.1) is 0 Å². The van der Waals surface area contributed by atoms with Crippen LogP contribution in [0.15, 0.2) is 59.7 Å². The van der Waals surface area contributed by atoms with Gasteiger partial charge in [0.15, 0.2) is 12.7 Å². The Hall–Kier alpha value is -3.19. The van der Waals surface area contributed by atoms with E-state index in [1.807, 2.05) is 0 Å². The quantitative estimate of drug-likeness (QED) is 0.525. The molecule has 0 spiro atoms. The lowest BCUT2D eigenvalue weighted by Gasteiger charge is -2.08. The maximum Gasteiger partial charge on any atom is 0.341 e. The molecule has 1 unspecified atom stereocenters. The van der Waals surface area contributed by atoms with Gasteiger partial charge in [-0.25, -0.2) is 10.2 Å². The van der Waals surface area contributed by atoms with Crippen molar-refractivity contribution in [2.75, 3.05) is 6.61 Å². The molecule has 1 atom stereocenters. The SMILES string of the molecule is O=C(O)COc1ccc(C=NNC(=O)C(O)c2ccccc2)cc1. The second-order valence-corrected chi connectivity index (χ2v) is 4.80. The molecule has 2 aromatic carbocycles. The molecule has 0 aliphatic heterocycles. The number of benzene rings is 2. The summed E-state index contributed by atoms with van der Waals surface area (Å²) >= 11 is 0. The molecule has 0 saturated heterocycles. The summed E-state index contributed by atoms with van der Waals surface area (Å²) < 4.78 is 5.00. The van der Waals surface area contributed by atoms with Gasteiger partial charge >= 0.3 is 5.97 Å². The summed E-state index contributed by atoms with van der Waals surface area (Å²) in [6.07, 6.45) is 0.103. The number of nitrogens with one attached hydrogen (secondary N) is 1. The molecule has 0 fully saturated rings. The van der Waals surface area contributed by atoms with Crippen molar-refractivity contribution in [3.8, 4) is 5.75 Å². The number of rotatable bonds is 7. The molecule has 3 N–H and O–H groups in total. The van der Waals surface area contributed by atoms with Crippen molar-refractivity contribution in [1.82, 2.24) is 5.43 Å². The Kier molecular flexibility index (Phi) is 6.04. The lowest BCUT2D eigenvalue weighted by Crippen LogP contribution is -2.25. The van der Waals surface area contributed by atoms with Crippen LogP contribution in [0.2, 0.25) is 0 Å². The van der Waals surface area contributed by atoms with Crippen LogP contribution in [-0.2, 0) is 9.59 Å². The van der Waals surface area contributed by atoms with Gasteiger partial charge in [0, 0.05) is 0 Å². The van der Waals surface area contributed by atoms with Gasteiger partial charge in [0.1, 0.15) is 5.75 Å². The molecule has 0 saturated carbocycles. The third kappa shape index (κ3) is 5.22. The first-order valence-electron chi connectivity index (χ1n) is 7.07. The smallest absolute Gasteiger partial charge is 0.341 e. The summed E-state index contributed by atoms with van der Waals surface area (Å²) in [5.74, 6) is -1.28. The molecular formula is C17H16N2O5. The van der Waals surface area contributed by atoms with Crippen LogP contribution in [0.4, 0.5) is 0 Å². The highest BCUT2D eigenvalue weighted by atomic mass is 16.5. The van der Waals surface area contributed by atoms with Crippen molar-refractivity contribution in [3.63, 3.8) is 0 Å². The molecule has 2 rings (SSSR count). The van der Waals surface area contributed by atoms with Gasteiger partial charge in [-0.05, 0) is 35.4 Å². The molecule has 0 bridgehead atoms. The van der Waals surface area contributed by atoms with Crippen molar-refractivity contribution >= 4 is 18.1 Å². The van der Waals surface area contributed by atoms with E-state index in [1.54, 1.807) is 54.6 Å². The monoisotopic (exact) mass is 328 g/mol. The Labute approximate surface area is 138 Å². The maximum absolute atomic E-state index is 11.8. The van der Waals surface area contributed by atoms with Crippen LogP contribution in [0.3, 0.4) is 0 Å². The first-order valence-corrected chi connectivity index (χ1v) is 7.07. The normalized spacial score (nSPS) is 11.9. The number of carbonyl (C=O) groups is 2. The van der Waals surface area contributed by atoms with Crippen LogP contribution < -0.4 is 10.2 Å². The molecule has 0 aliphatic carbocycles. The number of hydrogen-bond acceptors (Lipinski definition) is 5. The molecule has 7 nitrogen and oxygen atoms in total. The predicted molar refractivity (Wildman–Crippen MR) is 86.7 cm³/mol. The molecule has 0 radical (unpaired) electrons. The largest absolute Gasteiger partial charge is 0.482 e. The predicted octanol–water partition coefficient (Wildman–Crippen LogP) is 1.33. The summed E-state index contributed by atoms with van der Waals surface area (Å²) in [4.78, 5) is 22.2. The highest BCUT2D eigenvalue weighted by Crippen LogP contribution is 2.12. The summed E-state index contributed by atoms with van der Waals surface area (Å²) in [7, 11) is 0. The number of aliphatic hydroxyl groups excluding tert-OH is 1. The molecule has 124 valence electrons. The molecule has 0 heterocycles. The van der Waals surface area contributed by atoms with Gasteiger partial charge in [-0.15, -0.1) is 0 Å². The van der Waals surface area contributed by atoms with E-state index in [0.29, 0.717) is 16.9 Å². The Morgan fingerprint density at radius 1 is 1.12 bits per heavy atom. The summed E-state index contributed by atoms with van der Waals surface area (Å²) in [5.41, 5.74) is 3.41. The fourth-order valence-corrected chi connectivity index (χ4v) is 1.81. The van der Waals surface area contributed by atoms with Gasteiger partial charge < -0.3 is 14.9 Å². The highest BCUT2D eigenvalue weighted by molar-refractivity contribution is 5.85. The van der Waals surface area contributed by atoms with E-state index in [0.717, 1.165) is 0 Å². The zero-order chi connectivity index (χ0) is 17.4. The zero-order valence-electron chi connectivity index (χ0n) is 12.6. The minimum absolute atomic E-state index is 0.415. The molecule has 0 aromatic heterocycles. The molecule has 2 aromatic rings. The molecule has 1 amide bonds. The van der Waals surface area contributed by atoms with Crippen molar-refractivity contribution in [1.29, 1.82) is 0 Å². The van der Waals surface area contributed by atoms with Crippen molar-refractivity contribution < 1.29 is 24.5 Å². The summed E-state index contributed by atoms with van der Waals surface area (Å²) in [6, 6.07) is 15.0. The van der Waals surface area contributed by atoms with Crippen LogP contribution >= 0.6 is 0 Å². The second-order valence-electron chi connectivity index (χ2n) is 4.80.